The fourth-order valence-corrected chi connectivity index (χ4v) is 1.85. The van der Waals surface area contributed by atoms with Gasteiger partial charge in [-0.2, -0.15) is 5.10 Å². The number of nitrogens with zero attached hydrogens (tertiary/aromatic N) is 1. The van der Waals surface area contributed by atoms with Gasteiger partial charge in [0.05, 0.1) is 6.21 Å². The molecule has 2 rings (SSSR count). The van der Waals surface area contributed by atoms with E-state index in [0.717, 1.165) is 17.4 Å². The Labute approximate surface area is 112 Å². The third-order valence-electron chi connectivity index (χ3n) is 2.89. The highest BCUT2D eigenvalue weighted by Gasteiger charge is 2.36. The van der Waals surface area contributed by atoms with Crippen LogP contribution in [0.5, 0.6) is 0 Å². The van der Waals surface area contributed by atoms with Crippen molar-refractivity contribution in [3.8, 4) is 0 Å². The van der Waals surface area contributed by atoms with E-state index in [2.05, 4.69) is 29.3 Å². The van der Waals surface area contributed by atoms with Crippen LogP contribution in [0, 0.1) is 5.92 Å². The average Bonchev–Trinajstić information content (AvgIpc) is 2.90. The molecule has 1 fully saturated rings. The molecule has 0 aromatic carbocycles. The smallest absolute Gasteiger partial charge is 0.187 e. The highest BCUT2D eigenvalue weighted by atomic mass is 32.1. The molecule has 1 aromatic heterocycles. The fourth-order valence-electron chi connectivity index (χ4n) is 1.71. The minimum Gasteiger partial charge on any atom is -0.460 e. The van der Waals surface area contributed by atoms with Crippen LogP contribution in [0.2, 0.25) is 0 Å². The van der Waals surface area contributed by atoms with Gasteiger partial charge in [0.2, 0.25) is 0 Å². The number of rotatable bonds is 5. The van der Waals surface area contributed by atoms with Crippen molar-refractivity contribution in [2.75, 3.05) is 6.54 Å². The molecule has 1 heterocycles. The lowest BCUT2D eigenvalue weighted by Gasteiger charge is -2.02. The maximum Gasteiger partial charge on any atom is 0.187 e. The van der Waals surface area contributed by atoms with Gasteiger partial charge in [-0.3, -0.25) is 5.43 Å². The van der Waals surface area contributed by atoms with Gasteiger partial charge < -0.3 is 9.73 Å². The number of thiocarbonyl (C=S) groups is 1. The summed E-state index contributed by atoms with van der Waals surface area (Å²) in [5.74, 6) is 3.13. The van der Waals surface area contributed by atoms with E-state index in [1.165, 1.54) is 6.42 Å². The summed E-state index contributed by atoms with van der Waals surface area (Å²) in [5.41, 5.74) is 2.71. The zero-order valence-electron chi connectivity index (χ0n) is 10.3. The molecule has 96 valence electrons. The molecule has 1 saturated carbocycles. The van der Waals surface area contributed by atoms with E-state index in [1.54, 1.807) is 12.3 Å². The van der Waals surface area contributed by atoms with Gasteiger partial charge in [-0.1, -0.05) is 13.0 Å². The van der Waals surface area contributed by atoms with Gasteiger partial charge in [-0.15, -0.1) is 6.58 Å². The zero-order chi connectivity index (χ0) is 13.0. The molecule has 18 heavy (non-hydrogen) atoms. The lowest BCUT2D eigenvalue weighted by molar-refractivity contribution is 0.500. The second kappa shape index (κ2) is 5.82. The summed E-state index contributed by atoms with van der Waals surface area (Å²) in [4.78, 5) is 0. The molecule has 0 bridgehead atoms. The fraction of sp³-hybridized carbons (Fsp3) is 0.385. The first-order valence-electron chi connectivity index (χ1n) is 5.98. The molecule has 1 aromatic rings. The molecule has 0 aliphatic heterocycles. The van der Waals surface area contributed by atoms with Gasteiger partial charge in [0.1, 0.15) is 11.5 Å². The summed E-state index contributed by atoms with van der Waals surface area (Å²) >= 11 is 4.99. The molecule has 0 radical (unpaired) electrons. The summed E-state index contributed by atoms with van der Waals surface area (Å²) in [6, 6.07) is 3.94. The van der Waals surface area contributed by atoms with Crippen molar-refractivity contribution in [2.45, 2.75) is 19.3 Å². The molecule has 0 amide bonds. The first-order valence-corrected chi connectivity index (χ1v) is 6.39. The molecular formula is C13H17N3OS. The van der Waals surface area contributed by atoms with Crippen LogP contribution < -0.4 is 10.7 Å². The van der Waals surface area contributed by atoms with E-state index in [1.807, 2.05) is 12.1 Å². The van der Waals surface area contributed by atoms with E-state index in [4.69, 9.17) is 16.6 Å². The van der Waals surface area contributed by atoms with Gasteiger partial charge in [0.25, 0.3) is 0 Å². The Hall–Kier alpha value is -1.62. The Bertz CT molecular complexity index is 467. The number of hydrogen-bond acceptors (Lipinski definition) is 3. The standard InChI is InChI=1S/C13H17N3OS/c1-3-6-14-13(18)16-15-8-10-4-5-12(17-10)11-7-9(11)2/h3-5,8-9,11H,1,6-7H2,2H3,(H2,14,16,18)/b15-8-/t9-,11+/m1/s1. The lowest BCUT2D eigenvalue weighted by Crippen LogP contribution is -2.31. The molecule has 0 unspecified atom stereocenters. The van der Waals surface area contributed by atoms with Crippen molar-refractivity contribution >= 4 is 23.5 Å². The van der Waals surface area contributed by atoms with Gasteiger partial charge in [0, 0.05) is 12.5 Å². The summed E-state index contributed by atoms with van der Waals surface area (Å²) in [7, 11) is 0. The van der Waals surface area contributed by atoms with Gasteiger partial charge in [0.15, 0.2) is 5.11 Å². The van der Waals surface area contributed by atoms with Crippen LogP contribution >= 0.6 is 12.2 Å². The third kappa shape index (κ3) is 3.43. The number of hydrogen-bond donors (Lipinski definition) is 2. The summed E-state index contributed by atoms with van der Waals surface area (Å²) in [5, 5.41) is 7.38. The van der Waals surface area contributed by atoms with Crippen LogP contribution in [0.3, 0.4) is 0 Å². The highest BCUT2D eigenvalue weighted by molar-refractivity contribution is 7.80. The molecule has 0 saturated heterocycles. The molecule has 5 heteroatoms. The minimum absolute atomic E-state index is 0.466. The molecule has 0 spiro atoms. The number of furan rings is 1. The Kier molecular flexibility index (Phi) is 4.15. The second-order valence-corrected chi connectivity index (χ2v) is 4.84. The zero-order valence-corrected chi connectivity index (χ0v) is 11.2. The molecular weight excluding hydrogens is 246 g/mol. The van der Waals surface area contributed by atoms with Gasteiger partial charge in [-0.25, -0.2) is 0 Å². The summed E-state index contributed by atoms with van der Waals surface area (Å²) < 4.78 is 5.67. The van der Waals surface area contributed by atoms with Crippen LogP contribution in [0.15, 0.2) is 34.3 Å². The topological polar surface area (TPSA) is 49.6 Å². The summed E-state index contributed by atoms with van der Waals surface area (Å²) in [6.07, 6.45) is 4.57. The first-order chi connectivity index (χ1) is 8.70. The normalized spacial score (nSPS) is 21.8. The molecule has 4 nitrogen and oxygen atoms in total. The predicted octanol–water partition coefficient (Wildman–Crippen LogP) is 2.39. The van der Waals surface area contributed by atoms with Crippen LogP contribution in [-0.4, -0.2) is 17.9 Å². The Morgan fingerprint density at radius 3 is 3.11 bits per heavy atom. The lowest BCUT2D eigenvalue weighted by atomic mass is 10.3. The van der Waals surface area contributed by atoms with Crippen LogP contribution in [-0.2, 0) is 0 Å². The average molecular weight is 263 g/mol. The van der Waals surface area contributed by atoms with Crippen molar-refractivity contribution < 1.29 is 4.42 Å². The van der Waals surface area contributed by atoms with Gasteiger partial charge >= 0.3 is 0 Å². The van der Waals surface area contributed by atoms with E-state index < -0.39 is 0 Å². The first kappa shape index (κ1) is 12.8. The van der Waals surface area contributed by atoms with Crippen LogP contribution in [0.25, 0.3) is 0 Å². The second-order valence-electron chi connectivity index (χ2n) is 4.43. The van der Waals surface area contributed by atoms with E-state index in [0.29, 0.717) is 17.6 Å². The number of nitrogens with one attached hydrogen (secondary N) is 2. The summed E-state index contributed by atoms with van der Waals surface area (Å²) in [6.45, 7) is 6.43. The predicted molar refractivity (Wildman–Crippen MR) is 76.8 cm³/mol. The van der Waals surface area contributed by atoms with E-state index >= 15 is 0 Å². The maximum absolute atomic E-state index is 5.67. The molecule has 1 aliphatic carbocycles. The van der Waals surface area contributed by atoms with Crippen molar-refractivity contribution in [2.24, 2.45) is 11.0 Å². The molecule has 2 atom stereocenters. The van der Waals surface area contributed by atoms with Crippen molar-refractivity contribution in [1.82, 2.24) is 10.7 Å². The molecule has 2 N–H and O–H groups in total. The van der Waals surface area contributed by atoms with Crippen LogP contribution in [0.4, 0.5) is 0 Å². The van der Waals surface area contributed by atoms with E-state index in [9.17, 15) is 0 Å². The largest absolute Gasteiger partial charge is 0.460 e. The van der Waals surface area contributed by atoms with Crippen molar-refractivity contribution in [1.29, 1.82) is 0 Å². The van der Waals surface area contributed by atoms with Gasteiger partial charge in [-0.05, 0) is 36.7 Å². The molecule has 1 aliphatic rings. The minimum atomic E-state index is 0.466. The number of hydrazone groups is 1. The SMILES string of the molecule is C=CCNC(=S)N/N=C\c1ccc([C@H]2C[C@H]2C)o1. The van der Waals surface area contributed by atoms with Crippen LogP contribution in [0.1, 0.15) is 30.8 Å². The Balaban J connectivity index is 1.80. The van der Waals surface area contributed by atoms with Crippen molar-refractivity contribution in [3.63, 3.8) is 0 Å². The van der Waals surface area contributed by atoms with E-state index in [-0.39, 0.29) is 0 Å². The van der Waals surface area contributed by atoms with Crippen molar-refractivity contribution in [3.05, 3.63) is 36.3 Å². The Morgan fingerprint density at radius 2 is 2.44 bits per heavy atom. The highest BCUT2D eigenvalue weighted by Crippen LogP contribution is 2.47. The quantitative estimate of drug-likeness (QED) is 0.371. The maximum atomic E-state index is 5.67. The monoisotopic (exact) mass is 263 g/mol. The Morgan fingerprint density at radius 1 is 1.67 bits per heavy atom. The third-order valence-corrected chi connectivity index (χ3v) is 3.12.